The third-order valence-electron chi connectivity index (χ3n) is 5.86. The van der Waals surface area contributed by atoms with Crippen molar-refractivity contribution in [1.29, 1.82) is 0 Å². The number of sulfonamides is 1. The molecule has 0 aliphatic carbocycles. The Morgan fingerprint density at radius 3 is 2.61 bits per heavy atom. The molecule has 11 heteroatoms. The zero-order chi connectivity index (χ0) is 23.4. The van der Waals surface area contributed by atoms with Crippen molar-refractivity contribution in [3.05, 3.63) is 60.3 Å². The lowest BCUT2D eigenvalue weighted by Gasteiger charge is -2.31. The highest BCUT2D eigenvalue weighted by molar-refractivity contribution is 7.98. The van der Waals surface area contributed by atoms with Gasteiger partial charge in [0.1, 0.15) is 5.82 Å². The first-order valence-corrected chi connectivity index (χ1v) is 13.6. The van der Waals surface area contributed by atoms with Crippen molar-refractivity contribution in [2.24, 2.45) is 5.92 Å². The van der Waals surface area contributed by atoms with Gasteiger partial charge in [-0.05, 0) is 67.7 Å². The van der Waals surface area contributed by atoms with Crippen LogP contribution in [0.25, 0.3) is 5.65 Å². The van der Waals surface area contributed by atoms with Gasteiger partial charge in [0, 0.05) is 25.2 Å². The van der Waals surface area contributed by atoms with Crippen LogP contribution >= 0.6 is 11.8 Å². The van der Waals surface area contributed by atoms with E-state index in [0.717, 1.165) is 23.5 Å². The number of carbonyl (C=O) groups excluding carboxylic acids is 1. The van der Waals surface area contributed by atoms with Gasteiger partial charge in [0.15, 0.2) is 11.5 Å². The van der Waals surface area contributed by atoms with Crippen LogP contribution in [0, 0.1) is 11.7 Å². The van der Waals surface area contributed by atoms with Gasteiger partial charge in [-0.3, -0.25) is 9.20 Å². The minimum absolute atomic E-state index is 0.0580. The van der Waals surface area contributed by atoms with Crippen LogP contribution in [0.5, 0.6) is 0 Å². The summed E-state index contributed by atoms with van der Waals surface area (Å²) in [6, 6.07) is 10.2. The van der Waals surface area contributed by atoms with Crippen LogP contribution in [0.15, 0.2) is 53.6 Å². The quantitative estimate of drug-likeness (QED) is 0.521. The topological polar surface area (TPSA) is 96.7 Å². The summed E-state index contributed by atoms with van der Waals surface area (Å²) in [6.45, 7) is 0.474. The molecule has 1 amide bonds. The first kappa shape index (κ1) is 23.7. The number of carbonyl (C=O) groups is 1. The molecule has 1 atom stereocenters. The van der Waals surface area contributed by atoms with E-state index in [1.807, 2.05) is 35.1 Å². The molecule has 3 aromatic rings. The molecule has 0 spiro atoms. The number of benzene rings is 1. The van der Waals surface area contributed by atoms with Crippen LogP contribution in [0.1, 0.15) is 31.1 Å². The fourth-order valence-corrected chi connectivity index (χ4v) is 5.94. The largest absolute Gasteiger partial charge is 0.346 e. The highest BCUT2D eigenvalue weighted by Crippen LogP contribution is 2.26. The molecule has 176 valence electrons. The van der Waals surface area contributed by atoms with E-state index in [4.69, 9.17) is 0 Å². The molecule has 0 radical (unpaired) electrons. The number of thioether (sulfide) groups is 1. The Kier molecular flexibility index (Phi) is 7.30. The Bertz CT molecular complexity index is 1210. The summed E-state index contributed by atoms with van der Waals surface area (Å²) in [7, 11) is -3.71. The minimum Gasteiger partial charge on any atom is -0.346 e. The smallest absolute Gasteiger partial charge is 0.243 e. The standard InChI is InChI=1S/C22H26FN5O3S2/c1-32-15-11-19(21-26-25-20-4-2-3-12-28(20)21)24-22(29)16-9-13-27(14-10-16)33(30,31)18-7-5-17(23)6-8-18/h2-8,12,16,19H,9-11,13-15H2,1H3,(H,24,29). The third-order valence-corrected chi connectivity index (χ3v) is 8.41. The monoisotopic (exact) mass is 491 g/mol. The van der Waals surface area contributed by atoms with Crippen LogP contribution in [0.2, 0.25) is 0 Å². The summed E-state index contributed by atoms with van der Waals surface area (Å²) in [6.07, 6.45) is 5.43. The molecule has 1 N–H and O–H groups in total. The Balaban J connectivity index is 1.42. The molecule has 0 saturated carbocycles. The molecular formula is C22H26FN5O3S2. The number of pyridine rings is 1. The maximum atomic E-state index is 13.2. The molecule has 0 bridgehead atoms. The predicted octanol–water partition coefficient (Wildman–Crippen LogP) is 2.88. The second kappa shape index (κ2) is 10.2. The molecule has 8 nitrogen and oxygen atoms in total. The van der Waals surface area contributed by atoms with Gasteiger partial charge in [-0.2, -0.15) is 16.1 Å². The summed E-state index contributed by atoms with van der Waals surface area (Å²) in [5, 5.41) is 11.6. The summed E-state index contributed by atoms with van der Waals surface area (Å²) in [5.41, 5.74) is 0.718. The van der Waals surface area contributed by atoms with E-state index in [9.17, 15) is 17.6 Å². The molecule has 4 rings (SSSR count). The van der Waals surface area contributed by atoms with Crippen molar-refractivity contribution in [2.45, 2.75) is 30.2 Å². The number of amides is 1. The number of fused-ring (bicyclic) bond motifs is 1. The van der Waals surface area contributed by atoms with Gasteiger partial charge in [-0.15, -0.1) is 10.2 Å². The number of rotatable bonds is 8. The number of hydrogen-bond donors (Lipinski definition) is 1. The summed E-state index contributed by atoms with van der Waals surface area (Å²) < 4.78 is 42.1. The third kappa shape index (κ3) is 5.20. The van der Waals surface area contributed by atoms with Crippen LogP contribution in [-0.2, 0) is 14.8 Å². The lowest BCUT2D eigenvalue weighted by Crippen LogP contribution is -2.44. The fraction of sp³-hybridized carbons (Fsp3) is 0.409. The zero-order valence-electron chi connectivity index (χ0n) is 18.2. The van der Waals surface area contributed by atoms with Crippen LogP contribution in [0.4, 0.5) is 4.39 Å². The summed E-state index contributed by atoms with van der Waals surface area (Å²) >= 11 is 1.69. The molecule has 1 saturated heterocycles. The van der Waals surface area contributed by atoms with Gasteiger partial charge in [-0.25, -0.2) is 12.8 Å². The number of piperidine rings is 1. The van der Waals surface area contributed by atoms with Crippen molar-refractivity contribution in [3.63, 3.8) is 0 Å². The van der Waals surface area contributed by atoms with E-state index < -0.39 is 15.8 Å². The van der Waals surface area contributed by atoms with E-state index in [1.165, 1.54) is 16.4 Å². The molecule has 33 heavy (non-hydrogen) atoms. The van der Waals surface area contributed by atoms with Crippen molar-refractivity contribution in [3.8, 4) is 0 Å². The molecule has 1 fully saturated rings. The summed E-state index contributed by atoms with van der Waals surface area (Å²) in [4.78, 5) is 13.1. The van der Waals surface area contributed by atoms with Crippen LogP contribution < -0.4 is 5.32 Å². The highest BCUT2D eigenvalue weighted by atomic mass is 32.2. The highest BCUT2D eigenvalue weighted by Gasteiger charge is 2.33. The van der Waals surface area contributed by atoms with Crippen LogP contribution in [-0.4, -0.2) is 58.3 Å². The molecule has 1 aliphatic rings. The van der Waals surface area contributed by atoms with E-state index >= 15 is 0 Å². The second-order valence-corrected chi connectivity index (χ2v) is 10.9. The maximum absolute atomic E-state index is 13.2. The molecule has 1 aromatic carbocycles. The Morgan fingerprint density at radius 2 is 1.91 bits per heavy atom. The lowest BCUT2D eigenvalue weighted by atomic mass is 9.96. The van der Waals surface area contributed by atoms with Crippen molar-refractivity contribution < 1.29 is 17.6 Å². The lowest BCUT2D eigenvalue weighted by molar-refractivity contribution is -0.127. The molecule has 1 aliphatic heterocycles. The fourth-order valence-electron chi connectivity index (χ4n) is 4.00. The van der Waals surface area contributed by atoms with E-state index in [0.29, 0.717) is 25.1 Å². The van der Waals surface area contributed by atoms with Crippen LogP contribution in [0.3, 0.4) is 0 Å². The van der Waals surface area contributed by atoms with Gasteiger partial charge in [0.25, 0.3) is 0 Å². The van der Waals surface area contributed by atoms with E-state index in [2.05, 4.69) is 15.5 Å². The average molecular weight is 492 g/mol. The first-order valence-electron chi connectivity index (χ1n) is 10.7. The molecule has 3 heterocycles. The molecule has 1 unspecified atom stereocenters. The molecular weight excluding hydrogens is 465 g/mol. The number of nitrogens with one attached hydrogen (secondary N) is 1. The average Bonchev–Trinajstić information content (AvgIpc) is 3.26. The first-order chi connectivity index (χ1) is 15.9. The van der Waals surface area contributed by atoms with Crippen molar-refractivity contribution in [1.82, 2.24) is 24.2 Å². The minimum atomic E-state index is -3.71. The maximum Gasteiger partial charge on any atom is 0.243 e. The van der Waals surface area contributed by atoms with Gasteiger partial charge in [-0.1, -0.05) is 6.07 Å². The van der Waals surface area contributed by atoms with Gasteiger partial charge < -0.3 is 5.32 Å². The number of hydrogen-bond acceptors (Lipinski definition) is 6. The van der Waals surface area contributed by atoms with E-state index in [1.54, 1.807) is 11.8 Å². The SMILES string of the molecule is CSCCC(NC(=O)C1CCN(S(=O)(=O)c2ccc(F)cc2)CC1)c1nnc2ccccn12. The number of nitrogens with zero attached hydrogens (tertiary/aromatic N) is 4. The summed E-state index contributed by atoms with van der Waals surface area (Å²) in [5.74, 6) is 0.652. The van der Waals surface area contributed by atoms with Crippen molar-refractivity contribution >= 4 is 33.3 Å². The second-order valence-electron chi connectivity index (χ2n) is 7.96. The normalized spacial score (nSPS) is 16.7. The Hall–Kier alpha value is -2.50. The molecule has 2 aromatic heterocycles. The van der Waals surface area contributed by atoms with Gasteiger partial charge in [0.05, 0.1) is 10.9 Å². The van der Waals surface area contributed by atoms with E-state index in [-0.39, 0.29) is 35.9 Å². The number of aromatic nitrogens is 3. The Morgan fingerprint density at radius 1 is 1.18 bits per heavy atom. The van der Waals surface area contributed by atoms with Crippen molar-refractivity contribution in [2.75, 3.05) is 25.1 Å². The Labute approximate surface area is 196 Å². The van der Waals surface area contributed by atoms with Gasteiger partial charge >= 0.3 is 0 Å². The number of halogens is 1. The zero-order valence-corrected chi connectivity index (χ0v) is 19.9. The predicted molar refractivity (Wildman–Crippen MR) is 125 cm³/mol. The van der Waals surface area contributed by atoms with Gasteiger partial charge in [0.2, 0.25) is 15.9 Å².